The van der Waals surface area contributed by atoms with Gasteiger partial charge in [-0.25, -0.2) is 0 Å². The number of aromatic nitrogens is 2. The first-order valence-electron chi connectivity index (χ1n) is 11.6. The molecule has 2 saturated carbocycles. The maximum atomic E-state index is 12.6. The second-order valence-corrected chi connectivity index (χ2v) is 8.77. The molecule has 1 aromatic heterocycles. The van der Waals surface area contributed by atoms with Crippen molar-refractivity contribution in [2.24, 2.45) is 5.92 Å². The van der Waals surface area contributed by atoms with Crippen LogP contribution >= 0.6 is 0 Å². The van der Waals surface area contributed by atoms with E-state index in [1.807, 2.05) is 24.3 Å². The molecule has 0 amide bonds. The summed E-state index contributed by atoms with van der Waals surface area (Å²) in [4.78, 5) is 24.3. The number of hydrogen-bond acceptors (Lipinski definition) is 7. The third-order valence-electron chi connectivity index (χ3n) is 6.46. The standard InChI is InChI=1S/C25H31N3O4/c1-31-25(30)18-8-13-22(14-9-18)32-21-11-6-17(7-12-21)23(29)16-20-10-15-24(28-27-20)26-19-4-2-3-5-19/h6-7,10-12,15,18-19,22H,2-5,8-9,13-14,16H2,1H3,(H,26,28). The highest BCUT2D eigenvalue weighted by molar-refractivity contribution is 5.97. The lowest BCUT2D eigenvalue weighted by molar-refractivity contribution is -0.147. The Balaban J connectivity index is 1.25. The molecule has 32 heavy (non-hydrogen) atoms. The maximum absolute atomic E-state index is 12.6. The van der Waals surface area contributed by atoms with Crippen LogP contribution in [0.3, 0.4) is 0 Å². The molecule has 0 atom stereocenters. The number of nitrogens with zero attached hydrogens (tertiary/aromatic N) is 2. The molecule has 2 fully saturated rings. The van der Waals surface area contributed by atoms with Crippen LogP contribution in [0.4, 0.5) is 5.82 Å². The van der Waals surface area contributed by atoms with E-state index in [0.717, 1.165) is 37.3 Å². The predicted octanol–water partition coefficient (Wildman–Crippen LogP) is 4.37. The predicted molar refractivity (Wildman–Crippen MR) is 121 cm³/mol. The van der Waals surface area contributed by atoms with E-state index in [0.29, 0.717) is 17.3 Å². The molecule has 2 aliphatic rings. The van der Waals surface area contributed by atoms with Gasteiger partial charge in [-0.2, -0.15) is 5.10 Å². The van der Waals surface area contributed by atoms with Crippen molar-refractivity contribution in [1.82, 2.24) is 10.2 Å². The van der Waals surface area contributed by atoms with Crippen LogP contribution in [0.15, 0.2) is 36.4 Å². The molecule has 1 aromatic carbocycles. The topological polar surface area (TPSA) is 90.4 Å². The fraction of sp³-hybridized carbons (Fsp3) is 0.520. The number of methoxy groups -OCH3 is 1. The van der Waals surface area contributed by atoms with Crippen molar-refractivity contribution in [3.05, 3.63) is 47.7 Å². The summed E-state index contributed by atoms with van der Waals surface area (Å²) in [6.45, 7) is 0. The van der Waals surface area contributed by atoms with Gasteiger partial charge in [0.15, 0.2) is 5.78 Å². The molecule has 2 aliphatic carbocycles. The zero-order valence-electron chi connectivity index (χ0n) is 18.6. The van der Waals surface area contributed by atoms with Crippen LogP contribution in [-0.2, 0) is 16.0 Å². The number of ketones is 1. The molecule has 0 spiro atoms. The van der Waals surface area contributed by atoms with E-state index in [1.54, 1.807) is 12.1 Å². The SMILES string of the molecule is COC(=O)C1CCC(Oc2ccc(C(=O)Cc3ccc(NC4CCCC4)nn3)cc2)CC1. The molecular formula is C25H31N3O4. The van der Waals surface area contributed by atoms with Crippen molar-refractivity contribution in [2.45, 2.75) is 69.9 Å². The van der Waals surface area contributed by atoms with Gasteiger partial charge in [-0.05, 0) is 74.9 Å². The average Bonchev–Trinajstić information content (AvgIpc) is 3.34. The minimum Gasteiger partial charge on any atom is -0.490 e. The van der Waals surface area contributed by atoms with E-state index in [2.05, 4.69) is 15.5 Å². The summed E-state index contributed by atoms with van der Waals surface area (Å²) in [5, 5.41) is 11.9. The Labute approximate surface area is 188 Å². The Bertz CT molecular complexity index is 900. The molecule has 170 valence electrons. The molecule has 0 saturated heterocycles. The zero-order chi connectivity index (χ0) is 22.3. The summed E-state index contributed by atoms with van der Waals surface area (Å²) in [5.74, 6) is 1.37. The molecular weight excluding hydrogens is 406 g/mol. The Morgan fingerprint density at radius 2 is 1.66 bits per heavy atom. The van der Waals surface area contributed by atoms with Gasteiger partial charge in [0.1, 0.15) is 11.6 Å². The highest BCUT2D eigenvalue weighted by Gasteiger charge is 2.27. The van der Waals surface area contributed by atoms with E-state index in [9.17, 15) is 9.59 Å². The second-order valence-electron chi connectivity index (χ2n) is 8.77. The number of anilines is 1. The van der Waals surface area contributed by atoms with Crippen LogP contribution in [-0.4, -0.2) is 41.2 Å². The lowest BCUT2D eigenvalue weighted by Gasteiger charge is -2.27. The van der Waals surface area contributed by atoms with Crippen LogP contribution in [0.5, 0.6) is 5.75 Å². The quantitative estimate of drug-likeness (QED) is 0.484. The molecule has 7 heteroatoms. The molecule has 0 bridgehead atoms. The zero-order valence-corrected chi connectivity index (χ0v) is 18.6. The number of Topliss-reactive ketones (excluding diaryl/α,β-unsaturated/α-hetero) is 1. The van der Waals surface area contributed by atoms with Crippen molar-refractivity contribution in [2.75, 3.05) is 12.4 Å². The number of benzene rings is 1. The van der Waals surface area contributed by atoms with Gasteiger partial charge in [0.2, 0.25) is 0 Å². The summed E-state index contributed by atoms with van der Waals surface area (Å²) >= 11 is 0. The lowest BCUT2D eigenvalue weighted by atomic mass is 9.87. The first-order valence-corrected chi connectivity index (χ1v) is 11.6. The van der Waals surface area contributed by atoms with Gasteiger partial charge in [0, 0.05) is 11.6 Å². The summed E-state index contributed by atoms with van der Waals surface area (Å²) in [5.41, 5.74) is 1.29. The first-order chi connectivity index (χ1) is 15.6. The van der Waals surface area contributed by atoms with E-state index in [4.69, 9.17) is 9.47 Å². The van der Waals surface area contributed by atoms with Gasteiger partial charge in [-0.3, -0.25) is 9.59 Å². The number of carbonyl (C=O) groups excluding carboxylic acids is 2. The van der Waals surface area contributed by atoms with Crippen LogP contribution < -0.4 is 10.1 Å². The van der Waals surface area contributed by atoms with Crippen LogP contribution in [0.2, 0.25) is 0 Å². The number of ether oxygens (including phenoxy) is 2. The van der Waals surface area contributed by atoms with Gasteiger partial charge < -0.3 is 14.8 Å². The van der Waals surface area contributed by atoms with Gasteiger partial charge in [-0.15, -0.1) is 5.10 Å². The maximum Gasteiger partial charge on any atom is 0.308 e. The van der Waals surface area contributed by atoms with Crippen LogP contribution in [0, 0.1) is 5.92 Å². The van der Waals surface area contributed by atoms with Gasteiger partial charge in [0.05, 0.1) is 31.2 Å². The number of nitrogens with one attached hydrogen (secondary N) is 1. The summed E-state index contributed by atoms with van der Waals surface area (Å²) < 4.78 is 10.9. The van der Waals surface area contributed by atoms with Gasteiger partial charge >= 0.3 is 5.97 Å². The third kappa shape index (κ3) is 5.84. The van der Waals surface area contributed by atoms with Crippen LogP contribution in [0.25, 0.3) is 0 Å². The summed E-state index contributed by atoms with van der Waals surface area (Å²) in [7, 11) is 1.43. The fourth-order valence-corrected chi connectivity index (χ4v) is 4.57. The van der Waals surface area contributed by atoms with Crippen molar-refractivity contribution >= 4 is 17.6 Å². The fourth-order valence-electron chi connectivity index (χ4n) is 4.57. The van der Waals surface area contributed by atoms with Crippen molar-refractivity contribution in [3.63, 3.8) is 0 Å². The Morgan fingerprint density at radius 1 is 0.938 bits per heavy atom. The highest BCUT2D eigenvalue weighted by atomic mass is 16.5. The summed E-state index contributed by atoms with van der Waals surface area (Å²) in [6.07, 6.45) is 8.39. The molecule has 0 radical (unpaired) electrons. The molecule has 7 nitrogen and oxygen atoms in total. The van der Waals surface area contributed by atoms with Gasteiger partial charge in [-0.1, -0.05) is 12.8 Å². The van der Waals surface area contributed by atoms with Gasteiger partial charge in [0.25, 0.3) is 0 Å². The average molecular weight is 438 g/mol. The first kappa shape index (κ1) is 22.2. The Hall–Kier alpha value is -2.96. The van der Waals surface area contributed by atoms with Crippen molar-refractivity contribution in [3.8, 4) is 5.75 Å². The molecule has 2 aromatic rings. The monoisotopic (exact) mass is 437 g/mol. The number of rotatable bonds is 8. The van der Waals surface area contributed by atoms with E-state index >= 15 is 0 Å². The minimum absolute atomic E-state index is 0.000869. The minimum atomic E-state index is -0.129. The Morgan fingerprint density at radius 3 is 2.28 bits per heavy atom. The normalized spacial score (nSPS) is 21.2. The number of esters is 1. The number of hydrogen-bond donors (Lipinski definition) is 1. The highest BCUT2D eigenvalue weighted by Crippen LogP contribution is 2.28. The summed E-state index contributed by atoms with van der Waals surface area (Å²) in [6, 6.07) is 11.5. The molecule has 4 rings (SSSR count). The molecule has 1 heterocycles. The smallest absolute Gasteiger partial charge is 0.308 e. The van der Waals surface area contributed by atoms with Crippen LogP contribution in [0.1, 0.15) is 67.4 Å². The molecule has 0 aliphatic heterocycles. The third-order valence-corrected chi connectivity index (χ3v) is 6.46. The largest absolute Gasteiger partial charge is 0.490 e. The Kier molecular flexibility index (Phi) is 7.35. The number of carbonyl (C=O) groups is 2. The lowest BCUT2D eigenvalue weighted by Crippen LogP contribution is -2.28. The van der Waals surface area contributed by atoms with E-state index in [1.165, 1.54) is 32.8 Å². The van der Waals surface area contributed by atoms with Crippen molar-refractivity contribution in [1.29, 1.82) is 0 Å². The van der Waals surface area contributed by atoms with Crippen molar-refractivity contribution < 1.29 is 19.1 Å². The second kappa shape index (κ2) is 10.6. The van der Waals surface area contributed by atoms with E-state index < -0.39 is 0 Å². The van der Waals surface area contributed by atoms with E-state index in [-0.39, 0.29) is 30.2 Å². The molecule has 1 N–H and O–H groups in total. The molecule has 0 unspecified atom stereocenters.